The van der Waals surface area contributed by atoms with E-state index in [9.17, 15) is 4.79 Å². The predicted molar refractivity (Wildman–Crippen MR) is 64.0 cm³/mol. The first-order chi connectivity index (χ1) is 7.79. The molecule has 0 spiro atoms. The van der Waals surface area contributed by atoms with Crippen LogP contribution in [-0.4, -0.2) is 43.0 Å². The van der Waals surface area contributed by atoms with Gasteiger partial charge in [-0.2, -0.15) is 0 Å². The number of carbonyl (C=O) groups is 1. The lowest BCUT2D eigenvalue weighted by molar-refractivity contribution is -0.123. The fourth-order valence-corrected chi connectivity index (χ4v) is 2.13. The molecule has 3 N–H and O–H groups in total. The minimum atomic E-state index is 0.173. The standard InChI is InChI=1S/C12H23N3O/c13-6-7-15(11-2-1-3-11)9-12(16)14-8-10-4-5-10/h10-11H,1-9,13H2,(H,14,16). The van der Waals surface area contributed by atoms with Gasteiger partial charge in [0.15, 0.2) is 0 Å². The minimum absolute atomic E-state index is 0.173. The molecule has 0 aromatic rings. The molecule has 2 aliphatic carbocycles. The fraction of sp³-hybridized carbons (Fsp3) is 0.917. The van der Waals surface area contributed by atoms with E-state index in [2.05, 4.69) is 10.2 Å². The van der Waals surface area contributed by atoms with E-state index in [0.29, 0.717) is 19.1 Å². The molecule has 0 aromatic heterocycles. The van der Waals surface area contributed by atoms with Gasteiger partial charge in [-0.1, -0.05) is 6.42 Å². The average Bonchev–Trinajstić information content (AvgIpc) is 2.95. The Morgan fingerprint density at radius 3 is 2.56 bits per heavy atom. The Hall–Kier alpha value is -0.610. The van der Waals surface area contributed by atoms with Crippen LogP contribution in [0.3, 0.4) is 0 Å². The van der Waals surface area contributed by atoms with Gasteiger partial charge in [0, 0.05) is 25.7 Å². The van der Waals surface area contributed by atoms with Gasteiger partial charge in [0.05, 0.1) is 6.54 Å². The predicted octanol–water partition coefficient (Wildman–Crippen LogP) is 0.326. The van der Waals surface area contributed by atoms with Crippen molar-refractivity contribution in [2.45, 2.75) is 38.1 Å². The van der Waals surface area contributed by atoms with Crippen molar-refractivity contribution in [3.63, 3.8) is 0 Å². The van der Waals surface area contributed by atoms with Crippen molar-refractivity contribution >= 4 is 5.91 Å². The maximum Gasteiger partial charge on any atom is 0.234 e. The molecular formula is C12H23N3O. The monoisotopic (exact) mass is 225 g/mol. The van der Waals surface area contributed by atoms with Gasteiger partial charge >= 0.3 is 0 Å². The molecule has 2 aliphatic rings. The number of nitrogens with two attached hydrogens (primary N) is 1. The lowest BCUT2D eigenvalue weighted by atomic mass is 9.91. The van der Waals surface area contributed by atoms with Crippen LogP contribution >= 0.6 is 0 Å². The van der Waals surface area contributed by atoms with Crippen LogP contribution in [0.5, 0.6) is 0 Å². The Kier molecular flexibility index (Phi) is 4.18. The van der Waals surface area contributed by atoms with Crippen LogP contribution < -0.4 is 11.1 Å². The van der Waals surface area contributed by atoms with Crippen LogP contribution in [0.25, 0.3) is 0 Å². The number of nitrogens with one attached hydrogen (secondary N) is 1. The average molecular weight is 225 g/mol. The van der Waals surface area contributed by atoms with E-state index in [4.69, 9.17) is 5.73 Å². The second-order valence-corrected chi connectivity index (χ2v) is 5.09. The summed E-state index contributed by atoms with van der Waals surface area (Å²) >= 11 is 0. The molecule has 0 unspecified atom stereocenters. The number of amides is 1. The van der Waals surface area contributed by atoms with Crippen LogP contribution in [0.15, 0.2) is 0 Å². The third kappa shape index (κ3) is 3.46. The van der Waals surface area contributed by atoms with Crippen molar-refractivity contribution in [2.24, 2.45) is 11.7 Å². The second-order valence-electron chi connectivity index (χ2n) is 5.09. The summed E-state index contributed by atoms with van der Waals surface area (Å²) in [6, 6.07) is 0.607. The van der Waals surface area contributed by atoms with Crippen molar-refractivity contribution in [1.82, 2.24) is 10.2 Å². The molecule has 0 radical (unpaired) electrons. The highest BCUT2D eigenvalue weighted by atomic mass is 16.2. The molecule has 4 nitrogen and oxygen atoms in total. The molecule has 16 heavy (non-hydrogen) atoms. The largest absolute Gasteiger partial charge is 0.355 e. The van der Waals surface area contributed by atoms with Crippen molar-refractivity contribution in [3.05, 3.63) is 0 Å². The van der Waals surface area contributed by atoms with Gasteiger partial charge in [0.1, 0.15) is 0 Å². The number of carbonyl (C=O) groups excluding carboxylic acids is 1. The Labute approximate surface area is 97.6 Å². The minimum Gasteiger partial charge on any atom is -0.355 e. The number of hydrogen-bond acceptors (Lipinski definition) is 3. The molecule has 0 aromatic carbocycles. The molecule has 0 heterocycles. The molecule has 2 saturated carbocycles. The van der Waals surface area contributed by atoms with Crippen LogP contribution in [0.2, 0.25) is 0 Å². The molecule has 0 bridgehead atoms. The molecular weight excluding hydrogens is 202 g/mol. The zero-order valence-electron chi connectivity index (χ0n) is 9.95. The highest BCUT2D eigenvalue weighted by molar-refractivity contribution is 5.78. The maximum atomic E-state index is 11.7. The van der Waals surface area contributed by atoms with Crippen LogP contribution in [0.4, 0.5) is 0 Å². The summed E-state index contributed by atoms with van der Waals surface area (Å²) in [6.07, 6.45) is 6.34. The van der Waals surface area contributed by atoms with Gasteiger partial charge in [-0.25, -0.2) is 0 Å². The second kappa shape index (κ2) is 5.64. The molecule has 0 aliphatic heterocycles. The summed E-state index contributed by atoms with van der Waals surface area (Å²) in [5, 5.41) is 3.02. The van der Waals surface area contributed by atoms with Gasteiger partial charge < -0.3 is 11.1 Å². The van der Waals surface area contributed by atoms with Gasteiger partial charge in [0.25, 0.3) is 0 Å². The van der Waals surface area contributed by atoms with Crippen molar-refractivity contribution in [2.75, 3.05) is 26.2 Å². The lowest BCUT2D eigenvalue weighted by Gasteiger charge is -2.36. The quantitative estimate of drug-likeness (QED) is 0.656. The molecule has 0 saturated heterocycles. The Balaban J connectivity index is 1.67. The Morgan fingerprint density at radius 2 is 2.06 bits per heavy atom. The topological polar surface area (TPSA) is 58.4 Å². The van der Waals surface area contributed by atoms with Crippen LogP contribution in [-0.2, 0) is 4.79 Å². The van der Waals surface area contributed by atoms with Gasteiger partial charge in [-0.15, -0.1) is 0 Å². The number of hydrogen-bond donors (Lipinski definition) is 2. The molecule has 4 heteroatoms. The molecule has 0 atom stereocenters. The first kappa shape index (κ1) is 11.9. The zero-order valence-corrected chi connectivity index (χ0v) is 9.95. The van der Waals surface area contributed by atoms with E-state index in [1.807, 2.05) is 0 Å². The Morgan fingerprint density at radius 1 is 1.31 bits per heavy atom. The smallest absolute Gasteiger partial charge is 0.234 e. The van der Waals surface area contributed by atoms with E-state index in [-0.39, 0.29) is 5.91 Å². The van der Waals surface area contributed by atoms with Crippen LogP contribution in [0, 0.1) is 5.92 Å². The zero-order chi connectivity index (χ0) is 11.4. The summed E-state index contributed by atoms with van der Waals surface area (Å²) < 4.78 is 0. The van der Waals surface area contributed by atoms with E-state index >= 15 is 0 Å². The van der Waals surface area contributed by atoms with E-state index < -0.39 is 0 Å². The number of nitrogens with zero attached hydrogens (tertiary/aromatic N) is 1. The van der Waals surface area contributed by atoms with Gasteiger partial charge in [-0.3, -0.25) is 9.69 Å². The summed E-state index contributed by atoms with van der Waals surface area (Å²) in [6.45, 7) is 2.91. The summed E-state index contributed by atoms with van der Waals surface area (Å²) in [5.74, 6) is 0.933. The normalized spacial score (nSPS) is 20.9. The molecule has 2 rings (SSSR count). The third-order valence-electron chi connectivity index (χ3n) is 3.64. The summed E-state index contributed by atoms with van der Waals surface area (Å²) in [5.41, 5.74) is 5.58. The SMILES string of the molecule is NCCN(CC(=O)NCC1CC1)C1CCC1. The maximum absolute atomic E-state index is 11.7. The van der Waals surface area contributed by atoms with Gasteiger partial charge in [0.2, 0.25) is 5.91 Å². The fourth-order valence-electron chi connectivity index (χ4n) is 2.13. The molecule has 1 amide bonds. The summed E-state index contributed by atoms with van der Waals surface area (Å²) in [7, 11) is 0. The number of rotatable bonds is 7. The van der Waals surface area contributed by atoms with Crippen molar-refractivity contribution < 1.29 is 4.79 Å². The van der Waals surface area contributed by atoms with Crippen molar-refractivity contribution in [1.29, 1.82) is 0 Å². The van der Waals surface area contributed by atoms with E-state index in [1.54, 1.807) is 0 Å². The third-order valence-corrected chi connectivity index (χ3v) is 3.64. The van der Waals surface area contributed by atoms with E-state index in [0.717, 1.165) is 19.0 Å². The first-order valence-electron chi connectivity index (χ1n) is 6.50. The van der Waals surface area contributed by atoms with Crippen molar-refractivity contribution in [3.8, 4) is 0 Å². The van der Waals surface area contributed by atoms with E-state index in [1.165, 1.54) is 32.1 Å². The Bertz CT molecular complexity index is 236. The highest BCUT2D eigenvalue weighted by Gasteiger charge is 2.26. The first-order valence-corrected chi connectivity index (χ1v) is 6.50. The highest BCUT2D eigenvalue weighted by Crippen LogP contribution is 2.27. The lowest BCUT2D eigenvalue weighted by Crippen LogP contribution is -2.48. The molecule has 92 valence electrons. The van der Waals surface area contributed by atoms with Gasteiger partial charge in [-0.05, 0) is 31.6 Å². The van der Waals surface area contributed by atoms with Crippen LogP contribution in [0.1, 0.15) is 32.1 Å². The molecule has 2 fully saturated rings. The summed E-state index contributed by atoms with van der Waals surface area (Å²) in [4.78, 5) is 14.0.